The van der Waals surface area contributed by atoms with Crippen molar-refractivity contribution in [3.05, 3.63) is 83.2 Å². The Morgan fingerprint density at radius 2 is 1.85 bits per heavy atom. The van der Waals surface area contributed by atoms with Crippen molar-refractivity contribution < 1.29 is 4.79 Å². The first-order valence-corrected chi connectivity index (χ1v) is 13.2. The van der Waals surface area contributed by atoms with Gasteiger partial charge in [-0.3, -0.25) is 4.79 Å². The van der Waals surface area contributed by atoms with Crippen molar-refractivity contribution in [2.75, 3.05) is 43.4 Å². The molecular formula is C31H33N7O. The molecule has 8 heteroatoms. The Bertz CT molecular complexity index is 1570. The van der Waals surface area contributed by atoms with Gasteiger partial charge in [0.1, 0.15) is 17.7 Å². The molecule has 0 atom stereocenters. The molecule has 1 aliphatic rings. The van der Waals surface area contributed by atoms with Crippen LogP contribution in [0.2, 0.25) is 0 Å². The molecule has 4 aromatic rings. The molecule has 39 heavy (non-hydrogen) atoms. The Kier molecular flexibility index (Phi) is 7.27. The van der Waals surface area contributed by atoms with E-state index < -0.39 is 5.41 Å². The highest BCUT2D eigenvalue weighted by Crippen LogP contribution is 2.28. The summed E-state index contributed by atoms with van der Waals surface area (Å²) in [5.74, 6) is 1.56. The van der Waals surface area contributed by atoms with Gasteiger partial charge in [-0.15, -0.1) is 0 Å². The zero-order chi connectivity index (χ0) is 27.6. The summed E-state index contributed by atoms with van der Waals surface area (Å²) in [7, 11) is 2.14. The summed E-state index contributed by atoms with van der Waals surface area (Å²) in [5.41, 5.74) is 5.06. The monoisotopic (exact) mass is 519 g/mol. The minimum absolute atomic E-state index is 0.00589. The van der Waals surface area contributed by atoms with Crippen molar-refractivity contribution in [1.29, 1.82) is 5.26 Å². The van der Waals surface area contributed by atoms with Gasteiger partial charge in [-0.1, -0.05) is 30.3 Å². The van der Waals surface area contributed by atoms with E-state index in [9.17, 15) is 10.1 Å². The van der Waals surface area contributed by atoms with Crippen LogP contribution in [0, 0.1) is 18.3 Å². The lowest BCUT2D eigenvalue weighted by atomic mass is 9.85. The molecule has 0 radical (unpaired) electrons. The SMILES string of the molecule is Cc1ccc(CC(=O)c2cccc(C(C)(C)C#N)c2)cc1Nc1ncnc2ccc(N3CCN(C)CC3)nc12. The zero-order valence-corrected chi connectivity index (χ0v) is 22.9. The molecule has 2 aromatic carbocycles. The van der Waals surface area contributed by atoms with Crippen molar-refractivity contribution in [3.63, 3.8) is 0 Å². The number of anilines is 3. The first-order chi connectivity index (χ1) is 18.7. The average Bonchev–Trinajstić information content (AvgIpc) is 2.95. The van der Waals surface area contributed by atoms with Crippen molar-refractivity contribution in [2.45, 2.75) is 32.6 Å². The number of nitriles is 1. The predicted octanol–water partition coefficient (Wildman–Crippen LogP) is 5.06. The highest BCUT2D eigenvalue weighted by Gasteiger charge is 2.21. The van der Waals surface area contributed by atoms with Crippen molar-refractivity contribution >= 4 is 34.1 Å². The number of ketones is 1. The quantitative estimate of drug-likeness (QED) is 0.339. The summed E-state index contributed by atoms with van der Waals surface area (Å²) in [6.07, 6.45) is 1.79. The number of carbonyl (C=O) groups excluding carboxylic acids is 1. The van der Waals surface area contributed by atoms with Crippen LogP contribution >= 0.6 is 0 Å². The van der Waals surface area contributed by atoms with Gasteiger partial charge < -0.3 is 15.1 Å². The molecule has 0 bridgehead atoms. The molecule has 8 nitrogen and oxygen atoms in total. The topological polar surface area (TPSA) is 98.0 Å². The molecule has 3 heterocycles. The molecule has 1 aliphatic heterocycles. The molecule has 1 fully saturated rings. The lowest BCUT2D eigenvalue weighted by molar-refractivity contribution is 0.0993. The number of Topliss-reactive ketones (excluding diaryl/α,β-unsaturated/α-hetero) is 1. The summed E-state index contributed by atoms with van der Waals surface area (Å²) >= 11 is 0. The number of carbonyl (C=O) groups is 1. The van der Waals surface area contributed by atoms with E-state index in [-0.39, 0.29) is 12.2 Å². The number of nitrogens with zero attached hydrogens (tertiary/aromatic N) is 6. The summed E-state index contributed by atoms with van der Waals surface area (Å²) in [6.45, 7) is 9.59. The third kappa shape index (κ3) is 5.74. The van der Waals surface area contributed by atoms with Gasteiger partial charge in [0.2, 0.25) is 0 Å². The van der Waals surface area contributed by atoms with Crippen LogP contribution in [0.4, 0.5) is 17.3 Å². The molecular weight excluding hydrogens is 486 g/mol. The molecule has 2 aromatic heterocycles. The zero-order valence-electron chi connectivity index (χ0n) is 22.9. The number of aromatic nitrogens is 3. The Morgan fingerprint density at radius 1 is 1.05 bits per heavy atom. The van der Waals surface area contributed by atoms with Crippen LogP contribution in [0.25, 0.3) is 11.0 Å². The molecule has 0 amide bonds. The van der Waals surface area contributed by atoms with E-state index in [2.05, 4.69) is 38.2 Å². The van der Waals surface area contributed by atoms with Crippen LogP contribution in [0.15, 0.2) is 60.9 Å². The minimum Gasteiger partial charge on any atom is -0.354 e. The second-order valence-electron chi connectivity index (χ2n) is 10.7. The van der Waals surface area contributed by atoms with Crippen LogP contribution in [0.1, 0.15) is 40.9 Å². The highest BCUT2D eigenvalue weighted by molar-refractivity contribution is 5.98. The molecule has 5 rings (SSSR count). The van der Waals surface area contributed by atoms with Crippen LogP contribution in [0.5, 0.6) is 0 Å². The summed E-state index contributed by atoms with van der Waals surface area (Å²) in [4.78, 5) is 31.7. The summed E-state index contributed by atoms with van der Waals surface area (Å²) < 4.78 is 0. The molecule has 0 saturated carbocycles. The Labute approximate surface area is 229 Å². The van der Waals surface area contributed by atoms with Crippen LogP contribution in [-0.4, -0.2) is 58.9 Å². The van der Waals surface area contributed by atoms with E-state index in [4.69, 9.17) is 4.98 Å². The van der Waals surface area contributed by atoms with E-state index in [1.807, 2.05) is 75.4 Å². The van der Waals surface area contributed by atoms with Gasteiger partial charge in [0.15, 0.2) is 11.6 Å². The van der Waals surface area contributed by atoms with Gasteiger partial charge in [-0.05, 0) is 68.8 Å². The van der Waals surface area contributed by atoms with Gasteiger partial charge in [-0.25, -0.2) is 15.0 Å². The van der Waals surface area contributed by atoms with Gasteiger partial charge >= 0.3 is 0 Å². The molecule has 0 unspecified atom stereocenters. The third-order valence-corrected chi connectivity index (χ3v) is 7.40. The van der Waals surface area contributed by atoms with Crippen molar-refractivity contribution in [1.82, 2.24) is 19.9 Å². The number of likely N-dealkylation sites (N-methyl/N-ethyl adjacent to an activating group) is 1. The third-order valence-electron chi connectivity index (χ3n) is 7.40. The standard InChI is InChI=1S/C31H33N7O/c1-21-8-9-22(17-27(39)23-6-5-7-24(18-23)31(2,3)19-32)16-26(21)35-30-29-25(33-20-34-30)10-11-28(36-29)38-14-12-37(4)13-15-38/h5-11,16,18,20H,12-15,17H2,1-4H3,(H,33,34,35). The Hall–Kier alpha value is -4.35. The first kappa shape index (κ1) is 26.3. The van der Waals surface area contributed by atoms with E-state index in [0.29, 0.717) is 16.9 Å². The lowest BCUT2D eigenvalue weighted by Gasteiger charge is -2.33. The van der Waals surface area contributed by atoms with E-state index in [1.165, 1.54) is 0 Å². The lowest BCUT2D eigenvalue weighted by Crippen LogP contribution is -2.44. The Balaban J connectivity index is 1.39. The first-order valence-electron chi connectivity index (χ1n) is 13.2. The number of benzene rings is 2. The fourth-order valence-corrected chi connectivity index (χ4v) is 4.71. The number of rotatable bonds is 7. The molecule has 0 spiro atoms. The second-order valence-corrected chi connectivity index (χ2v) is 10.7. The molecule has 0 aliphatic carbocycles. The normalized spacial score (nSPS) is 14.3. The fraction of sp³-hybridized carbons (Fsp3) is 0.323. The Morgan fingerprint density at radius 3 is 2.62 bits per heavy atom. The number of fused-ring (bicyclic) bond motifs is 1. The largest absolute Gasteiger partial charge is 0.354 e. The van der Waals surface area contributed by atoms with E-state index in [0.717, 1.165) is 59.9 Å². The van der Waals surface area contributed by atoms with Crippen LogP contribution < -0.4 is 10.2 Å². The summed E-state index contributed by atoms with van der Waals surface area (Å²) in [6, 6.07) is 19.7. The van der Waals surface area contributed by atoms with E-state index in [1.54, 1.807) is 6.33 Å². The van der Waals surface area contributed by atoms with Crippen LogP contribution in [0.3, 0.4) is 0 Å². The number of piperazine rings is 1. The van der Waals surface area contributed by atoms with Gasteiger partial charge in [0.25, 0.3) is 0 Å². The number of pyridine rings is 1. The fourth-order valence-electron chi connectivity index (χ4n) is 4.71. The number of nitrogens with one attached hydrogen (secondary N) is 1. The van der Waals surface area contributed by atoms with Crippen molar-refractivity contribution in [2.24, 2.45) is 0 Å². The highest BCUT2D eigenvalue weighted by atomic mass is 16.1. The maximum atomic E-state index is 13.2. The molecule has 1 saturated heterocycles. The van der Waals surface area contributed by atoms with Gasteiger partial charge in [0, 0.05) is 43.9 Å². The number of hydrogen-bond donors (Lipinski definition) is 1. The average molecular weight is 520 g/mol. The maximum Gasteiger partial charge on any atom is 0.167 e. The second kappa shape index (κ2) is 10.8. The molecule has 1 N–H and O–H groups in total. The number of aryl methyl sites for hydroxylation is 1. The molecule has 198 valence electrons. The maximum absolute atomic E-state index is 13.2. The van der Waals surface area contributed by atoms with Gasteiger partial charge in [0.05, 0.1) is 17.0 Å². The van der Waals surface area contributed by atoms with Crippen LogP contribution in [-0.2, 0) is 11.8 Å². The smallest absolute Gasteiger partial charge is 0.167 e. The minimum atomic E-state index is -0.657. The van der Waals surface area contributed by atoms with Gasteiger partial charge in [-0.2, -0.15) is 5.26 Å². The predicted molar refractivity (Wildman–Crippen MR) is 155 cm³/mol. The van der Waals surface area contributed by atoms with E-state index >= 15 is 0 Å². The van der Waals surface area contributed by atoms with Crippen molar-refractivity contribution in [3.8, 4) is 6.07 Å². The summed E-state index contributed by atoms with van der Waals surface area (Å²) in [5, 5.41) is 12.9. The number of hydrogen-bond acceptors (Lipinski definition) is 8.